The van der Waals surface area contributed by atoms with Crippen LogP contribution in [-0.4, -0.2) is 41.8 Å². The minimum atomic E-state index is -4.45. The molecule has 1 amide bonds. The maximum Gasteiger partial charge on any atom is 0.416 e. The number of ether oxygens (including phenoxy) is 2. The van der Waals surface area contributed by atoms with Gasteiger partial charge in [0, 0.05) is 30.2 Å². The van der Waals surface area contributed by atoms with Crippen LogP contribution in [0.4, 0.5) is 19.0 Å². The molecule has 0 spiro atoms. The molecule has 2 aromatic rings. The molecular formula is C29H41F3N4O4. The molecular weight excluding hydrogens is 525 g/mol. The number of nitrogens with zero attached hydrogens (tertiary/aromatic N) is 2. The van der Waals surface area contributed by atoms with E-state index in [0.29, 0.717) is 61.6 Å². The van der Waals surface area contributed by atoms with Gasteiger partial charge in [0.1, 0.15) is 0 Å². The summed E-state index contributed by atoms with van der Waals surface area (Å²) < 4.78 is 49.9. The highest BCUT2D eigenvalue weighted by atomic mass is 19.4. The predicted molar refractivity (Wildman–Crippen MR) is 147 cm³/mol. The fourth-order valence-corrected chi connectivity index (χ4v) is 4.56. The normalized spacial score (nSPS) is 13.8. The third-order valence-electron chi connectivity index (χ3n) is 6.69. The van der Waals surface area contributed by atoms with Gasteiger partial charge in [-0.2, -0.15) is 13.2 Å². The van der Waals surface area contributed by atoms with Crippen molar-refractivity contribution in [1.82, 2.24) is 10.2 Å². The number of hydrogen-bond donors (Lipinski definition) is 2. The number of carbonyl (C=O) groups is 2. The molecule has 1 aliphatic heterocycles. The highest BCUT2D eigenvalue weighted by Crippen LogP contribution is 2.37. The van der Waals surface area contributed by atoms with Gasteiger partial charge in [-0.05, 0) is 62.3 Å². The molecule has 11 heteroatoms. The van der Waals surface area contributed by atoms with E-state index >= 15 is 0 Å². The second-order valence-electron chi connectivity index (χ2n) is 9.64. The van der Waals surface area contributed by atoms with Gasteiger partial charge in [0.25, 0.3) is 6.47 Å². The van der Waals surface area contributed by atoms with Crippen LogP contribution in [0.3, 0.4) is 0 Å². The average Bonchev–Trinajstić information content (AvgIpc) is 3.00. The Morgan fingerprint density at radius 3 is 2.60 bits per heavy atom. The maximum absolute atomic E-state index is 13.4. The Morgan fingerprint density at radius 2 is 2.00 bits per heavy atom. The van der Waals surface area contributed by atoms with Gasteiger partial charge in [0.05, 0.1) is 24.5 Å². The van der Waals surface area contributed by atoms with Crippen molar-refractivity contribution >= 4 is 18.2 Å². The summed E-state index contributed by atoms with van der Waals surface area (Å²) in [7, 11) is 0. The van der Waals surface area contributed by atoms with Crippen LogP contribution >= 0.6 is 0 Å². The SMILES string of the molecule is CCCCCC(CC)Nc1nnc2c(c1CCC(N)=O)CCCOCc1cc(C(F)(F)F)ccc1-2.CCOC=O. The number of halogens is 3. The first-order valence-electron chi connectivity index (χ1n) is 13.9. The summed E-state index contributed by atoms with van der Waals surface area (Å²) in [5.74, 6) is 0.208. The lowest BCUT2D eigenvalue weighted by atomic mass is 9.92. The van der Waals surface area contributed by atoms with Crippen molar-refractivity contribution < 1.29 is 32.2 Å². The molecule has 2 heterocycles. The number of amides is 1. The highest BCUT2D eigenvalue weighted by molar-refractivity contribution is 5.75. The molecule has 0 radical (unpaired) electrons. The second kappa shape index (κ2) is 16.8. The summed E-state index contributed by atoms with van der Waals surface area (Å²) in [5.41, 5.74) is 8.03. The Balaban J connectivity index is 0.00000103. The molecule has 1 atom stereocenters. The van der Waals surface area contributed by atoms with E-state index in [9.17, 15) is 22.8 Å². The number of primary amides is 1. The topological polar surface area (TPSA) is 116 Å². The Labute approximate surface area is 234 Å². The summed E-state index contributed by atoms with van der Waals surface area (Å²) >= 11 is 0. The van der Waals surface area contributed by atoms with Crippen molar-refractivity contribution in [2.75, 3.05) is 18.5 Å². The Hall–Kier alpha value is -3.21. The molecule has 40 heavy (non-hydrogen) atoms. The molecule has 1 aromatic heterocycles. The van der Waals surface area contributed by atoms with Crippen LogP contribution in [-0.2, 0) is 44.7 Å². The van der Waals surface area contributed by atoms with Crippen LogP contribution in [0.15, 0.2) is 18.2 Å². The predicted octanol–water partition coefficient (Wildman–Crippen LogP) is 5.99. The number of rotatable bonds is 12. The zero-order chi connectivity index (χ0) is 29.5. The van der Waals surface area contributed by atoms with Crippen LogP contribution in [0.25, 0.3) is 11.3 Å². The number of carbonyl (C=O) groups excluding carboxylic acids is 2. The molecule has 1 aliphatic rings. The molecule has 0 bridgehead atoms. The minimum absolute atomic E-state index is 0.0618. The van der Waals surface area contributed by atoms with Crippen molar-refractivity contribution in [2.24, 2.45) is 5.73 Å². The first-order valence-corrected chi connectivity index (χ1v) is 13.9. The summed E-state index contributed by atoms with van der Waals surface area (Å²) in [6.45, 7) is 7.41. The Bertz CT molecular complexity index is 1100. The fraction of sp³-hybridized carbons (Fsp3) is 0.586. The van der Waals surface area contributed by atoms with E-state index in [1.54, 1.807) is 6.92 Å². The monoisotopic (exact) mass is 566 g/mol. The number of unbranched alkanes of at least 4 members (excludes halogenated alkanes) is 2. The number of nitrogens with two attached hydrogens (primary N) is 1. The van der Waals surface area contributed by atoms with Crippen LogP contribution in [0.1, 0.15) is 88.0 Å². The van der Waals surface area contributed by atoms with Gasteiger partial charge >= 0.3 is 6.18 Å². The zero-order valence-electron chi connectivity index (χ0n) is 23.6. The van der Waals surface area contributed by atoms with Crippen molar-refractivity contribution in [2.45, 2.75) is 97.4 Å². The molecule has 0 saturated heterocycles. The number of alkyl halides is 3. The van der Waals surface area contributed by atoms with Crippen LogP contribution in [0.5, 0.6) is 0 Å². The molecule has 0 fully saturated rings. The van der Waals surface area contributed by atoms with Crippen molar-refractivity contribution in [1.29, 1.82) is 0 Å². The van der Waals surface area contributed by atoms with E-state index in [0.717, 1.165) is 55.4 Å². The first-order chi connectivity index (χ1) is 19.2. The second-order valence-corrected chi connectivity index (χ2v) is 9.64. The van der Waals surface area contributed by atoms with E-state index < -0.39 is 17.6 Å². The van der Waals surface area contributed by atoms with Gasteiger partial charge < -0.3 is 20.5 Å². The molecule has 1 aromatic carbocycles. The minimum Gasteiger partial charge on any atom is -0.468 e. The lowest BCUT2D eigenvalue weighted by molar-refractivity contribution is -0.137. The summed E-state index contributed by atoms with van der Waals surface area (Å²) in [6.07, 6.45) is 2.67. The number of aromatic nitrogens is 2. The average molecular weight is 567 g/mol. The number of benzene rings is 1. The van der Waals surface area contributed by atoms with Gasteiger partial charge in [-0.15, -0.1) is 10.2 Å². The van der Waals surface area contributed by atoms with Crippen molar-refractivity contribution in [3.8, 4) is 11.3 Å². The summed E-state index contributed by atoms with van der Waals surface area (Å²) in [6, 6.07) is 3.85. The van der Waals surface area contributed by atoms with Gasteiger partial charge in [-0.25, -0.2) is 0 Å². The number of fused-ring (bicyclic) bond motifs is 3. The molecule has 8 nitrogen and oxygen atoms in total. The van der Waals surface area contributed by atoms with Crippen molar-refractivity contribution in [3.05, 3.63) is 40.5 Å². The summed E-state index contributed by atoms with van der Waals surface area (Å²) in [5, 5.41) is 12.5. The standard InChI is InChI=1S/C26H35F3N4O2.C3H6O2/c1-3-5-6-8-19(4-2)31-25-22(12-13-23(30)34)21-9-7-14-35-16-17-15-18(26(27,28)29)10-11-20(17)24(21)32-33-25;1-2-5-3-4/h10-11,15,19H,3-9,12-14,16H2,1-2H3,(H2,30,34)(H,31,33);3H,2H2,1H3. The van der Waals surface area contributed by atoms with Crippen molar-refractivity contribution in [3.63, 3.8) is 0 Å². The third kappa shape index (κ3) is 10.1. The molecule has 222 valence electrons. The molecule has 0 aliphatic carbocycles. The van der Waals surface area contributed by atoms with E-state index in [2.05, 4.69) is 34.1 Å². The first kappa shape index (κ1) is 33.0. The highest BCUT2D eigenvalue weighted by Gasteiger charge is 2.32. The van der Waals surface area contributed by atoms with E-state index in [-0.39, 0.29) is 19.1 Å². The zero-order valence-corrected chi connectivity index (χ0v) is 23.6. The van der Waals surface area contributed by atoms with E-state index in [1.807, 2.05) is 0 Å². The third-order valence-corrected chi connectivity index (χ3v) is 6.69. The maximum atomic E-state index is 13.4. The smallest absolute Gasteiger partial charge is 0.416 e. The van der Waals surface area contributed by atoms with E-state index in [4.69, 9.17) is 10.5 Å². The van der Waals surface area contributed by atoms with Crippen LogP contribution < -0.4 is 11.1 Å². The fourth-order valence-electron chi connectivity index (χ4n) is 4.56. The van der Waals surface area contributed by atoms with Crippen LogP contribution in [0, 0.1) is 0 Å². The molecule has 0 saturated carbocycles. The lowest BCUT2D eigenvalue weighted by Crippen LogP contribution is -2.22. The lowest BCUT2D eigenvalue weighted by Gasteiger charge is -2.22. The quantitative estimate of drug-likeness (QED) is 0.239. The van der Waals surface area contributed by atoms with Gasteiger partial charge in [-0.1, -0.05) is 39.2 Å². The van der Waals surface area contributed by atoms with E-state index in [1.165, 1.54) is 6.07 Å². The van der Waals surface area contributed by atoms with Gasteiger partial charge in [0.2, 0.25) is 5.91 Å². The Kier molecular flexibility index (Phi) is 13.9. The molecule has 1 unspecified atom stereocenters. The number of nitrogens with one attached hydrogen (secondary N) is 1. The number of anilines is 1. The summed E-state index contributed by atoms with van der Waals surface area (Å²) in [4.78, 5) is 20.8. The number of hydrogen-bond acceptors (Lipinski definition) is 7. The largest absolute Gasteiger partial charge is 0.468 e. The molecule has 3 rings (SSSR count). The molecule has 3 N–H and O–H groups in total. The van der Waals surface area contributed by atoms with Crippen LogP contribution in [0.2, 0.25) is 0 Å². The van der Waals surface area contributed by atoms with Gasteiger partial charge in [-0.3, -0.25) is 9.59 Å². The Morgan fingerprint density at radius 1 is 1.23 bits per heavy atom. The van der Waals surface area contributed by atoms with Gasteiger partial charge in [0.15, 0.2) is 5.82 Å².